The average molecular weight is 408 g/mol. The van der Waals surface area contributed by atoms with Gasteiger partial charge in [0.15, 0.2) is 5.82 Å². The van der Waals surface area contributed by atoms with Crippen molar-refractivity contribution < 1.29 is 13.5 Å². The number of nitrogens with zero attached hydrogens (tertiary/aromatic N) is 3. The van der Waals surface area contributed by atoms with E-state index in [1.807, 2.05) is 30.3 Å². The number of primary sulfonamides is 1. The molecule has 0 fully saturated rings. The van der Waals surface area contributed by atoms with E-state index in [4.69, 9.17) is 5.14 Å². The quantitative estimate of drug-likeness (QED) is 0.547. The van der Waals surface area contributed by atoms with Gasteiger partial charge in [-0.1, -0.05) is 51.1 Å². The fraction of sp³-hybridized carbons (Fsp3) is 0.526. The number of hydrogen-bond acceptors (Lipinski definition) is 7. The normalized spacial score (nSPS) is 14.1. The Morgan fingerprint density at radius 2 is 1.71 bits per heavy atom. The van der Waals surface area contributed by atoms with Gasteiger partial charge in [0.25, 0.3) is 0 Å². The largest absolute Gasteiger partial charge is 0.394 e. The molecule has 8 nitrogen and oxygen atoms in total. The second-order valence-electron chi connectivity index (χ2n) is 7.47. The molecule has 0 bridgehead atoms. The highest BCUT2D eigenvalue weighted by Gasteiger charge is 2.17. The molecule has 9 heteroatoms. The molecule has 2 rings (SSSR count). The van der Waals surface area contributed by atoms with E-state index in [9.17, 15) is 13.5 Å². The Morgan fingerprint density at radius 1 is 1.07 bits per heavy atom. The van der Waals surface area contributed by atoms with Gasteiger partial charge in [-0.3, -0.25) is 0 Å². The Hall–Kier alpha value is -2.10. The third-order valence-electron chi connectivity index (χ3n) is 4.23. The lowest BCUT2D eigenvalue weighted by molar-refractivity contribution is 0.259. The van der Waals surface area contributed by atoms with Crippen LogP contribution in [0.4, 0.5) is 5.95 Å². The van der Waals surface area contributed by atoms with E-state index in [1.54, 1.807) is 0 Å². The predicted molar refractivity (Wildman–Crippen MR) is 109 cm³/mol. The van der Waals surface area contributed by atoms with Gasteiger partial charge in [-0.25, -0.2) is 18.5 Å². The molecule has 0 saturated carbocycles. The molecule has 0 aliphatic heterocycles. The number of rotatable bonds is 10. The van der Waals surface area contributed by atoms with Crippen molar-refractivity contribution >= 4 is 16.0 Å². The number of aliphatic hydroxyl groups is 1. The number of sulfonamides is 1. The zero-order chi connectivity index (χ0) is 20.7. The first-order valence-electron chi connectivity index (χ1n) is 9.33. The third-order valence-corrected chi connectivity index (χ3v) is 4.89. The van der Waals surface area contributed by atoms with Crippen LogP contribution in [-0.4, -0.2) is 41.1 Å². The molecule has 0 radical (unpaired) electrons. The lowest BCUT2D eigenvalue weighted by atomic mass is 9.98. The number of aliphatic hydroxyl groups excluding tert-OH is 1. The van der Waals surface area contributed by atoms with Crippen LogP contribution in [0.3, 0.4) is 0 Å². The Balaban J connectivity index is 2.28. The molecular formula is C19H29N5O3S. The SMILES string of the molecule is CC(C)C[C@H](CO)Nc1nc(C[C@H](C)c2ccccc2)nc(CS(N)(=O)=O)n1. The topological polar surface area (TPSA) is 131 Å². The van der Waals surface area contributed by atoms with Crippen molar-refractivity contribution in [2.45, 2.75) is 51.3 Å². The summed E-state index contributed by atoms with van der Waals surface area (Å²) in [4.78, 5) is 12.9. The lowest BCUT2D eigenvalue weighted by Crippen LogP contribution is -2.28. The lowest BCUT2D eigenvalue weighted by Gasteiger charge is -2.19. The smallest absolute Gasteiger partial charge is 0.226 e. The van der Waals surface area contributed by atoms with Crippen LogP contribution in [-0.2, 0) is 22.2 Å². The fourth-order valence-electron chi connectivity index (χ4n) is 2.97. The highest BCUT2D eigenvalue weighted by Crippen LogP contribution is 2.19. The number of benzene rings is 1. The third kappa shape index (κ3) is 7.49. The van der Waals surface area contributed by atoms with Crippen LogP contribution in [0.2, 0.25) is 0 Å². The van der Waals surface area contributed by atoms with Crippen molar-refractivity contribution in [1.82, 2.24) is 15.0 Å². The fourth-order valence-corrected chi connectivity index (χ4v) is 3.46. The highest BCUT2D eigenvalue weighted by molar-refractivity contribution is 7.88. The van der Waals surface area contributed by atoms with Crippen molar-refractivity contribution in [3.05, 3.63) is 47.5 Å². The highest BCUT2D eigenvalue weighted by atomic mass is 32.2. The number of aromatic nitrogens is 3. The summed E-state index contributed by atoms with van der Waals surface area (Å²) >= 11 is 0. The summed E-state index contributed by atoms with van der Waals surface area (Å²) in [6, 6.07) is 9.72. The molecule has 1 heterocycles. The molecule has 1 aromatic heterocycles. The van der Waals surface area contributed by atoms with Gasteiger partial charge >= 0.3 is 0 Å². The molecule has 2 atom stereocenters. The van der Waals surface area contributed by atoms with Gasteiger partial charge < -0.3 is 10.4 Å². The van der Waals surface area contributed by atoms with Crippen molar-refractivity contribution in [2.75, 3.05) is 11.9 Å². The standard InChI is InChI=1S/C19H29N5O3S/c1-13(2)9-16(11-25)21-19-23-17(22-18(24-19)12-28(20,26)27)10-14(3)15-7-5-4-6-8-15/h4-8,13-14,16,25H,9-12H2,1-3H3,(H2,20,26,27)(H,21,22,23,24)/t14-,16+/m0/s1. The first kappa shape index (κ1) is 22.2. The molecule has 1 aromatic carbocycles. The van der Waals surface area contributed by atoms with E-state index >= 15 is 0 Å². The molecule has 0 unspecified atom stereocenters. The van der Waals surface area contributed by atoms with Crippen molar-refractivity contribution in [3.8, 4) is 0 Å². The van der Waals surface area contributed by atoms with Crippen molar-refractivity contribution in [3.63, 3.8) is 0 Å². The molecule has 4 N–H and O–H groups in total. The molecule has 0 spiro atoms. The minimum absolute atomic E-state index is 0.0792. The maximum atomic E-state index is 11.5. The van der Waals surface area contributed by atoms with Gasteiger partial charge in [0.05, 0.1) is 12.6 Å². The Bertz CT molecular complexity index is 859. The average Bonchev–Trinajstić information content (AvgIpc) is 2.59. The van der Waals surface area contributed by atoms with Crippen LogP contribution < -0.4 is 10.5 Å². The first-order valence-corrected chi connectivity index (χ1v) is 11.0. The molecule has 2 aromatic rings. The maximum Gasteiger partial charge on any atom is 0.226 e. The van der Waals surface area contributed by atoms with Crippen molar-refractivity contribution in [1.29, 1.82) is 0 Å². The monoisotopic (exact) mass is 407 g/mol. The Kier molecular flexibility index (Phi) is 7.85. The van der Waals surface area contributed by atoms with Gasteiger partial charge in [0.1, 0.15) is 11.6 Å². The Morgan fingerprint density at radius 3 is 2.29 bits per heavy atom. The summed E-state index contributed by atoms with van der Waals surface area (Å²) in [6.45, 7) is 6.08. The van der Waals surface area contributed by atoms with E-state index in [0.717, 1.165) is 12.0 Å². The van der Waals surface area contributed by atoms with E-state index in [0.29, 0.717) is 18.2 Å². The number of anilines is 1. The molecule has 0 aliphatic rings. The van der Waals surface area contributed by atoms with Crippen LogP contribution in [0, 0.1) is 5.92 Å². The van der Waals surface area contributed by atoms with E-state index in [-0.39, 0.29) is 30.3 Å². The molecule has 0 aliphatic carbocycles. The van der Waals surface area contributed by atoms with E-state index < -0.39 is 15.8 Å². The van der Waals surface area contributed by atoms with Crippen LogP contribution in [0.15, 0.2) is 30.3 Å². The summed E-state index contributed by atoms with van der Waals surface area (Å²) in [5, 5.41) is 17.9. The van der Waals surface area contributed by atoms with Gasteiger partial charge in [-0.15, -0.1) is 0 Å². The second kappa shape index (κ2) is 9.90. The first-order chi connectivity index (χ1) is 13.2. The summed E-state index contributed by atoms with van der Waals surface area (Å²) in [7, 11) is -3.77. The number of nitrogens with two attached hydrogens (primary N) is 1. The number of hydrogen-bond donors (Lipinski definition) is 3. The molecule has 0 saturated heterocycles. The molecule has 28 heavy (non-hydrogen) atoms. The minimum Gasteiger partial charge on any atom is -0.394 e. The maximum absolute atomic E-state index is 11.5. The van der Waals surface area contributed by atoms with Crippen LogP contribution in [0.25, 0.3) is 0 Å². The Labute approximate surface area is 166 Å². The molecule has 0 amide bonds. The molecular weight excluding hydrogens is 378 g/mol. The van der Waals surface area contributed by atoms with Crippen molar-refractivity contribution in [2.24, 2.45) is 11.1 Å². The van der Waals surface area contributed by atoms with Gasteiger partial charge in [-0.05, 0) is 23.8 Å². The zero-order valence-electron chi connectivity index (χ0n) is 16.5. The van der Waals surface area contributed by atoms with E-state index in [1.165, 1.54) is 0 Å². The van der Waals surface area contributed by atoms with Crippen LogP contribution >= 0.6 is 0 Å². The summed E-state index contributed by atoms with van der Waals surface area (Å²) in [6.07, 6.45) is 1.25. The summed E-state index contributed by atoms with van der Waals surface area (Å²) in [5.41, 5.74) is 1.14. The van der Waals surface area contributed by atoms with Gasteiger partial charge in [-0.2, -0.15) is 9.97 Å². The van der Waals surface area contributed by atoms with E-state index in [2.05, 4.69) is 41.0 Å². The zero-order valence-corrected chi connectivity index (χ0v) is 17.4. The number of nitrogens with one attached hydrogen (secondary N) is 1. The summed E-state index contributed by atoms with van der Waals surface area (Å²) in [5.74, 6) is 0.870. The van der Waals surface area contributed by atoms with Crippen LogP contribution in [0.1, 0.15) is 50.3 Å². The van der Waals surface area contributed by atoms with Gasteiger partial charge in [0.2, 0.25) is 16.0 Å². The predicted octanol–water partition coefficient (Wildman–Crippen LogP) is 1.83. The van der Waals surface area contributed by atoms with Gasteiger partial charge in [0, 0.05) is 6.42 Å². The second-order valence-corrected chi connectivity index (χ2v) is 9.08. The summed E-state index contributed by atoms with van der Waals surface area (Å²) < 4.78 is 23.0. The molecule has 154 valence electrons. The van der Waals surface area contributed by atoms with Crippen LogP contribution in [0.5, 0.6) is 0 Å². The minimum atomic E-state index is -3.77.